The van der Waals surface area contributed by atoms with Crippen molar-refractivity contribution in [2.45, 2.75) is 13.3 Å². The molecule has 0 spiro atoms. The summed E-state index contributed by atoms with van der Waals surface area (Å²) in [5.41, 5.74) is 0. The molecular weight excluding hydrogens is 383 g/mol. The van der Waals surface area contributed by atoms with E-state index >= 15 is 0 Å². The maximum Gasteiger partial charge on any atom is 0.223 e. The Labute approximate surface area is 132 Å². The summed E-state index contributed by atoms with van der Waals surface area (Å²) in [5.74, 6) is 0.861. The van der Waals surface area contributed by atoms with Gasteiger partial charge in [0.2, 0.25) is 5.91 Å². The van der Waals surface area contributed by atoms with E-state index in [1.54, 1.807) is 11.3 Å². The lowest BCUT2D eigenvalue weighted by Gasteiger charge is -2.31. The van der Waals surface area contributed by atoms with Crippen LogP contribution in [0.15, 0.2) is 12.1 Å². The largest absolute Gasteiger partial charge is 0.355 e. The predicted octanol–water partition coefficient (Wildman–Crippen LogP) is 2.29. The fraction of sp³-hybridized carbons (Fsp3) is 0.583. The first kappa shape index (κ1) is 16.2. The second-order valence-corrected chi connectivity index (χ2v) is 7.52. The van der Waals surface area contributed by atoms with E-state index in [1.807, 2.05) is 6.92 Å². The van der Waals surface area contributed by atoms with Gasteiger partial charge in [-0.15, -0.1) is 23.7 Å². The number of hydrogen-bond acceptors (Lipinski definition) is 3. The van der Waals surface area contributed by atoms with Crippen LogP contribution < -0.4 is 10.6 Å². The summed E-state index contributed by atoms with van der Waals surface area (Å²) < 4.78 is 1.30. The Balaban J connectivity index is 0.00000162. The maximum absolute atomic E-state index is 11.8. The highest BCUT2D eigenvalue weighted by atomic mass is 127. The molecule has 1 aliphatic rings. The number of halogens is 2. The Morgan fingerprint density at radius 2 is 2.33 bits per heavy atom. The zero-order chi connectivity index (χ0) is 12.3. The number of hydrogen-bond donors (Lipinski definition) is 2. The van der Waals surface area contributed by atoms with Gasteiger partial charge in [-0.25, -0.2) is 0 Å². The molecule has 1 aromatic rings. The molecule has 102 valence electrons. The van der Waals surface area contributed by atoms with Crippen molar-refractivity contribution in [3.63, 3.8) is 0 Å². The van der Waals surface area contributed by atoms with Gasteiger partial charge in [-0.2, -0.15) is 0 Å². The second kappa shape index (κ2) is 7.67. The number of rotatable bonds is 5. The van der Waals surface area contributed by atoms with E-state index in [4.69, 9.17) is 0 Å². The molecule has 6 heteroatoms. The van der Waals surface area contributed by atoms with Crippen LogP contribution in [0.5, 0.6) is 0 Å². The van der Waals surface area contributed by atoms with Crippen molar-refractivity contribution < 1.29 is 4.79 Å². The molecule has 1 aromatic heterocycles. The third kappa shape index (κ3) is 4.36. The number of carbonyl (C=O) groups is 1. The lowest BCUT2D eigenvalue weighted by atomic mass is 9.88. The van der Waals surface area contributed by atoms with Gasteiger partial charge in [-0.1, -0.05) is 6.92 Å². The standard InChI is InChI=1S/C12H17IN2OS.ClH/c1-8(9-6-14-7-9)12(16)15-5-4-10-2-3-11(13)17-10;/h2-3,8-9,14H,4-7H2,1H3,(H,15,16);1H. The van der Waals surface area contributed by atoms with Crippen molar-refractivity contribution >= 4 is 52.2 Å². The van der Waals surface area contributed by atoms with Crippen LogP contribution in [0, 0.1) is 14.7 Å². The molecule has 0 saturated carbocycles. The first-order chi connectivity index (χ1) is 8.16. The van der Waals surface area contributed by atoms with Crippen LogP contribution in [-0.4, -0.2) is 25.5 Å². The molecule has 0 radical (unpaired) electrons. The summed E-state index contributed by atoms with van der Waals surface area (Å²) in [4.78, 5) is 13.2. The SMILES string of the molecule is CC(C(=O)NCCc1ccc(I)s1)C1CNC1.Cl. The Bertz CT molecular complexity index is 395. The zero-order valence-corrected chi connectivity index (χ0v) is 14.0. The quantitative estimate of drug-likeness (QED) is 0.745. The summed E-state index contributed by atoms with van der Waals surface area (Å²) >= 11 is 4.12. The molecule has 2 rings (SSSR count). The number of thiophene rings is 1. The van der Waals surface area contributed by atoms with Crippen molar-refractivity contribution in [3.8, 4) is 0 Å². The molecule has 1 aliphatic heterocycles. The Morgan fingerprint density at radius 3 is 2.83 bits per heavy atom. The predicted molar refractivity (Wildman–Crippen MR) is 86.5 cm³/mol. The van der Waals surface area contributed by atoms with Crippen LogP contribution in [0.4, 0.5) is 0 Å². The molecule has 0 aliphatic carbocycles. The third-order valence-electron chi connectivity index (χ3n) is 3.23. The van der Waals surface area contributed by atoms with Gasteiger partial charge in [-0.05, 0) is 60.2 Å². The van der Waals surface area contributed by atoms with Crippen molar-refractivity contribution in [1.82, 2.24) is 10.6 Å². The minimum atomic E-state index is 0. The average molecular weight is 401 g/mol. The van der Waals surface area contributed by atoms with Gasteiger partial charge in [0.05, 0.1) is 2.88 Å². The van der Waals surface area contributed by atoms with Gasteiger partial charge in [-0.3, -0.25) is 4.79 Å². The summed E-state index contributed by atoms with van der Waals surface area (Å²) in [6.45, 7) is 4.74. The van der Waals surface area contributed by atoms with E-state index in [2.05, 4.69) is 45.4 Å². The summed E-state index contributed by atoms with van der Waals surface area (Å²) in [6.07, 6.45) is 0.940. The Kier molecular flexibility index (Phi) is 6.90. The van der Waals surface area contributed by atoms with Crippen molar-refractivity contribution in [1.29, 1.82) is 0 Å². The van der Waals surface area contributed by atoms with Gasteiger partial charge in [0, 0.05) is 17.3 Å². The van der Waals surface area contributed by atoms with E-state index in [0.29, 0.717) is 5.92 Å². The van der Waals surface area contributed by atoms with Gasteiger partial charge >= 0.3 is 0 Å². The molecule has 0 aromatic carbocycles. The smallest absolute Gasteiger partial charge is 0.223 e. The molecule has 1 amide bonds. The van der Waals surface area contributed by atoms with Crippen LogP contribution >= 0.6 is 46.3 Å². The highest BCUT2D eigenvalue weighted by Crippen LogP contribution is 2.18. The average Bonchev–Trinajstić information content (AvgIpc) is 2.61. The topological polar surface area (TPSA) is 41.1 Å². The molecule has 18 heavy (non-hydrogen) atoms. The summed E-state index contributed by atoms with van der Waals surface area (Å²) in [5, 5.41) is 6.23. The summed E-state index contributed by atoms with van der Waals surface area (Å²) in [7, 11) is 0. The molecule has 2 heterocycles. The fourth-order valence-electron chi connectivity index (χ4n) is 1.83. The highest BCUT2D eigenvalue weighted by molar-refractivity contribution is 14.1. The van der Waals surface area contributed by atoms with Gasteiger partial charge in [0.1, 0.15) is 0 Å². The molecule has 0 bridgehead atoms. The van der Waals surface area contributed by atoms with Crippen molar-refractivity contribution in [2.24, 2.45) is 11.8 Å². The van der Waals surface area contributed by atoms with Crippen LogP contribution in [-0.2, 0) is 11.2 Å². The van der Waals surface area contributed by atoms with Crippen LogP contribution in [0.25, 0.3) is 0 Å². The van der Waals surface area contributed by atoms with Gasteiger partial charge in [0.15, 0.2) is 0 Å². The summed E-state index contributed by atoms with van der Waals surface area (Å²) in [6, 6.07) is 4.25. The van der Waals surface area contributed by atoms with E-state index in [-0.39, 0.29) is 24.2 Å². The molecule has 1 fully saturated rings. The lowest BCUT2D eigenvalue weighted by Crippen LogP contribution is -2.49. The third-order valence-corrected chi connectivity index (χ3v) is 5.19. The van der Waals surface area contributed by atoms with Crippen molar-refractivity contribution in [3.05, 3.63) is 19.9 Å². The monoisotopic (exact) mass is 400 g/mol. The Morgan fingerprint density at radius 1 is 1.61 bits per heavy atom. The minimum Gasteiger partial charge on any atom is -0.355 e. The normalized spacial score (nSPS) is 16.6. The number of nitrogens with one attached hydrogen (secondary N) is 2. The molecule has 1 atom stereocenters. The lowest BCUT2D eigenvalue weighted by molar-refractivity contribution is -0.126. The first-order valence-electron chi connectivity index (χ1n) is 5.89. The molecule has 2 N–H and O–H groups in total. The first-order valence-corrected chi connectivity index (χ1v) is 7.79. The van der Waals surface area contributed by atoms with E-state index in [1.165, 1.54) is 7.76 Å². The molecule has 1 unspecified atom stereocenters. The van der Waals surface area contributed by atoms with E-state index in [0.717, 1.165) is 26.1 Å². The maximum atomic E-state index is 11.8. The Hall–Kier alpha value is 0.150. The fourth-order valence-corrected chi connectivity index (χ4v) is 3.59. The zero-order valence-electron chi connectivity index (χ0n) is 10.2. The number of carbonyl (C=O) groups excluding carboxylic acids is 1. The van der Waals surface area contributed by atoms with Gasteiger partial charge < -0.3 is 10.6 Å². The van der Waals surface area contributed by atoms with Crippen molar-refractivity contribution in [2.75, 3.05) is 19.6 Å². The molecule has 3 nitrogen and oxygen atoms in total. The highest BCUT2D eigenvalue weighted by Gasteiger charge is 2.28. The van der Waals surface area contributed by atoms with E-state index in [9.17, 15) is 4.79 Å². The molecular formula is C12H18ClIN2OS. The number of amides is 1. The van der Waals surface area contributed by atoms with E-state index < -0.39 is 0 Å². The van der Waals surface area contributed by atoms with Gasteiger partial charge in [0.25, 0.3) is 0 Å². The second-order valence-electron chi connectivity index (χ2n) is 4.45. The van der Waals surface area contributed by atoms with Crippen LogP contribution in [0.3, 0.4) is 0 Å². The van der Waals surface area contributed by atoms with Crippen LogP contribution in [0.1, 0.15) is 11.8 Å². The van der Waals surface area contributed by atoms with Crippen LogP contribution in [0.2, 0.25) is 0 Å². The minimum absolute atomic E-state index is 0. The molecule has 1 saturated heterocycles.